The maximum Gasteiger partial charge on any atom is 0.308 e. The molecule has 1 aromatic heterocycles. The standard InChI is InChI=1S/C29H21N3O5S/c1-17(33)37-24-12-5-3-8-19(24)16-25-28(34)31-27(20-9-6-10-21(15-20)32(35)36)23-14-13-18-7-2-4-11-22(18)26(23)30-29(31)38-25/h2-12,15-16,27H,13-14H2,1H3/b25-16+/t27-/m1/s1. The van der Waals surface area contributed by atoms with Crippen LogP contribution < -0.4 is 19.6 Å². The van der Waals surface area contributed by atoms with Crippen molar-refractivity contribution in [3.05, 3.63) is 130 Å². The SMILES string of the molecule is CC(=O)Oc1ccccc1/C=c1/sc2n(c1=O)[C@H](c1cccc([N+](=O)[O-])c1)C1=C(N=2)c2ccccc2CC1. The van der Waals surface area contributed by atoms with Crippen LogP contribution in [-0.2, 0) is 11.2 Å². The normalized spacial score (nSPS) is 16.2. The summed E-state index contributed by atoms with van der Waals surface area (Å²) in [6.07, 6.45) is 3.17. The predicted octanol–water partition coefficient (Wildman–Crippen LogP) is 4.15. The Kier molecular flexibility index (Phi) is 5.84. The number of nitrogens with zero attached hydrogens (tertiary/aromatic N) is 3. The molecule has 8 nitrogen and oxygen atoms in total. The lowest BCUT2D eigenvalue weighted by molar-refractivity contribution is -0.384. The monoisotopic (exact) mass is 523 g/mol. The molecule has 1 aliphatic heterocycles. The van der Waals surface area contributed by atoms with Gasteiger partial charge in [-0.3, -0.25) is 24.3 Å². The van der Waals surface area contributed by atoms with E-state index in [4.69, 9.17) is 9.73 Å². The van der Waals surface area contributed by atoms with Gasteiger partial charge >= 0.3 is 5.97 Å². The average molecular weight is 524 g/mol. The molecule has 0 bridgehead atoms. The number of carbonyl (C=O) groups excluding carboxylic acids is 1. The zero-order valence-electron chi connectivity index (χ0n) is 20.3. The molecular weight excluding hydrogens is 502 g/mol. The number of allylic oxidation sites excluding steroid dienone is 1. The van der Waals surface area contributed by atoms with Crippen LogP contribution in [0.15, 0.2) is 88.2 Å². The second-order valence-corrected chi connectivity index (χ2v) is 10.1. The number of nitro benzene ring substituents is 1. The number of rotatable bonds is 4. The largest absolute Gasteiger partial charge is 0.426 e. The fourth-order valence-electron chi connectivity index (χ4n) is 5.12. The van der Waals surface area contributed by atoms with Crippen molar-refractivity contribution in [2.75, 3.05) is 0 Å². The molecule has 0 saturated heterocycles. The van der Waals surface area contributed by atoms with Crippen molar-refractivity contribution in [2.45, 2.75) is 25.8 Å². The molecule has 0 saturated carbocycles. The van der Waals surface area contributed by atoms with E-state index >= 15 is 0 Å². The van der Waals surface area contributed by atoms with Crippen LogP contribution in [0.1, 0.15) is 41.6 Å². The lowest BCUT2D eigenvalue weighted by atomic mass is 9.83. The Labute approximate surface area is 220 Å². The van der Waals surface area contributed by atoms with Crippen molar-refractivity contribution < 1.29 is 14.5 Å². The van der Waals surface area contributed by atoms with Crippen LogP contribution in [0.4, 0.5) is 5.69 Å². The molecule has 0 N–H and O–H groups in total. The number of nitro groups is 1. The molecule has 9 heteroatoms. The number of fused-ring (bicyclic) bond motifs is 3. The Balaban J connectivity index is 1.61. The van der Waals surface area contributed by atoms with E-state index in [1.807, 2.05) is 24.3 Å². The average Bonchev–Trinajstić information content (AvgIpc) is 3.22. The summed E-state index contributed by atoms with van der Waals surface area (Å²) in [5.74, 6) is -0.0985. The number of aryl methyl sites for hydroxylation is 1. The topological polar surface area (TPSA) is 104 Å². The van der Waals surface area contributed by atoms with Gasteiger partial charge in [0, 0.05) is 30.2 Å². The second kappa shape index (κ2) is 9.35. The fourth-order valence-corrected chi connectivity index (χ4v) is 6.11. The van der Waals surface area contributed by atoms with Gasteiger partial charge in [-0.05, 0) is 41.7 Å². The van der Waals surface area contributed by atoms with Gasteiger partial charge in [0.15, 0.2) is 4.80 Å². The molecule has 0 unspecified atom stereocenters. The molecular formula is C29H21N3O5S. The smallest absolute Gasteiger partial charge is 0.308 e. The first-order chi connectivity index (χ1) is 18.4. The van der Waals surface area contributed by atoms with E-state index in [1.54, 1.807) is 41.0 Å². The minimum Gasteiger partial charge on any atom is -0.426 e. The molecule has 2 aliphatic rings. The summed E-state index contributed by atoms with van der Waals surface area (Å²) in [7, 11) is 0. The van der Waals surface area contributed by atoms with E-state index < -0.39 is 16.9 Å². The minimum absolute atomic E-state index is 0.0321. The maximum absolute atomic E-state index is 13.9. The lowest BCUT2D eigenvalue weighted by Gasteiger charge is -2.30. The number of non-ortho nitro benzene ring substituents is 1. The molecule has 0 radical (unpaired) electrons. The number of carbonyl (C=O) groups is 1. The van der Waals surface area contributed by atoms with Crippen molar-refractivity contribution in [3.8, 4) is 5.75 Å². The lowest BCUT2D eigenvalue weighted by Crippen LogP contribution is -2.38. The first-order valence-electron chi connectivity index (χ1n) is 12.1. The first-order valence-corrected chi connectivity index (χ1v) is 12.9. The van der Waals surface area contributed by atoms with Gasteiger partial charge in [-0.25, -0.2) is 4.99 Å². The summed E-state index contributed by atoms with van der Waals surface area (Å²) < 4.78 is 7.39. The molecule has 1 atom stereocenters. The Morgan fingerprint density at radius 2 is 1.89 bits per heavy atom. The van der Waals surface area contributed by atoms with Gasteiger partial charge in [0.2, 0.25) is 0 Å². The Morgan fingerprint density at radius 1 is 1.11 bits per heavy atom. The number of para-hydroxylation sites is 1. The molecule has 38 heavy (non-hydrogen) atoms. The van der Waals surface area contributed by atoms with Gasteiger partial charge in [0.25, 0.3) is 11.2 Å². The fraction of sp³-hybridized carbons (Fsp3) is 0.138. The van der Waals surface area contributed by atoms with Crippen molar-refractivity contribution in [1.29, 1.82) is 0 Å². The van der Waals surface area contributed by atoms with Crippen molar-refractivity contribution in [2.24, 2.45) is 4.99 Å². The van der Waals surface area contributed by atoms with Crippen molar-refractivity contribution in [1.82, 2.24) is 4.57 Å². The van der Waals surface area contributed by atoms with Crippen molar-refractivity contribution in [3.63, 3.8) is 0 Å². The highest BCUT2D eigenvalue weighted by Gasteiger charge is 2.33. The van der Waals surface area contributed by atoms with E-state index in [2.05, 4.69) is 6.07 Å². The molecule has 0 amide bonds. The number of hydrogen-bond donors (Lipinski definition) is 0. The zero-order valence-corrected chi connectivity index (χ0v) is 21.1. The van der Waals surface area contributed by atoms with Crippen molar-refractivity contribution >= 4 is 34.8 Å². The number of thiazole rings is 1. The highest BCUT2D eigenvalue weighted by molar-refractivity contribution is 7.07. The minimum atomic E-state index is -0.527. The molecule has 0 spiro atoms. The molecule has 0 fully saturated rings. The molecule has 2 heterocycles. The molecule has 6 rings (SSSR count). The summed E-state index contributed by atoms with van der Waals surface area (Å²) in [5.41, 5.74) is 4.94. The number of hydrogen-bond acceptors (Lipinski definition) is 7. The van der Waals surface area contributed by atoms with Gasteiger partial charge in [0.05, 0.1) is 21.2 Å². The van der Waals surface area contributed by atoms with Gasteiger partial charge in [-0.2, -0.15) is 0 Å². The first kappa shape index (κ1) is 23.7. The summed E-state index contributed by atoms with van der Waals surface area (Å²) in [6, 6.07) is 21.0. The van der Waals surface area contributed by atoms with Gasteiger partial charge in [-0.1, -0.05) is 65.9 Å². The molecule has 1 aliphatic carbocycles. The summed E-state index contributed by atoms with van der Waals surface area (Å²) in [5, 5.41) is 11.6. The van der Waals surface area contributed by atoms with E-state index in [0.29, 0.717) is 32.6 Å². The molecule has 188 valence electrons. The highest BCUT2D eigenvalue weighted by atomic mass is 32.1. The number of ether oxygens (including phenoxy) is 1. The predicted molar refractivity (Wildman–Crippen MR) is 144 cm³/mol. The quantitative estimate of drug-likeness (QED) is 0.173. The number of esters is 1. The zero-order chi connectivity index (χ0) is 26.4. The summed E-state index contributed by atoms with van der Waals surface area (Å²) >= 11 is 1.24. The van der Waals surface area contributed by atoms with Gasteiger partial charge in [-0.15, -0.1) is 0 Å². The second-order valence-electron chi connectivity index (χ2n) is 9.10. The van der Waals surface area contributed by atoms with Gasteiger partial charge < -0.3 is 4.74 Å². The summed E-state index contributed by atoms with van der Waals surface area (Å²) in [6.45, 7) is 1.33. The molecule has 4 aromatic rings. The maximum atomic E-state index is 13.9. The number of aromatic nitrogens is 1. The number of benzene rings is 3. The Bertz CT molecular complexity index is 1850. The van der Waals surface area contributed by atoms with Crippen LogP contribution in [0.25, 0.3) is 11.8 Å². The Hall–Kier alpha value is -4.63. The van der Waals surface area contributed by atoms with Gasteiger partial charge in [0.1, 0.15) is 5.75 Å². The van der Waals surface area contributed by atoms with Crippen LogP contribution in [0, 0.1) is 10.1 Å². The Morgan fingerprint density at radius 3 is 2.71 bits per heavy atom. The third-order valence-electron chi connectivity index (χ3n) is 6.73. The third kappa shape index (κ3) is 4.06. The summed E-state index contributed by atoms with van der Waals surface area (Å²) in [4.78, 5) is 42.1. The van der Waals surface area contributed by atoms with E-state index in [9.17, 15) is 19.7 Å². The van der Waals surface area contributed by atoms with Crippen LogP contribution >= 0.6 is 11.3 Å². The van der Waals surface area contributed by atoms with Crippen LogP contribution in [-0.4, -0.2) is 15.5 Å². The van der Waals surface area contributed by atoms with Crippen LogP contribution in [0.2, 0.25) is 0 Å². The van der Waals surface area contributed by atoms with Crippen LogP contribution in [0.3, 0.4) is 0 Å². The molecule has 3 aromatic carbocycles. The highest BCUT2D eigenvalue weighted by Crippen LogP contribution is 2.41. The van der Waals surface area contributed by atoms with E-state index in [-0.39, 0.29) is 11.2 Å². The van der Waals surface area contributed by atoms with Crippen LogP contribution in [0.5, 0.6) is 5.75 Å². The third-order valence-corrected chi connectivity index (χ3v) is 7.71. The van der Waals surface area contributed by atoms with E-state index in [0.717, 1.165) is 23.3 Å². The van der Waals surface area contributed by atoms with E-state index in [1.165, 1.54) is 36.0 Å².